The van der Waals surface area contributed by atoms with E-state index in [2.05, 4.69) is 24.0 Å². The van der Waals surface area contributed by atoms with Crippen LogP contribution in [0.4, 0.5) is 0 Å². The molecule has 0 bridgehead atoms. The van der Waals surface area contributed by atoms with Crippen LogP contribution in [0.2, 0.25) is 15.1 Å². The summed E-state index contributed by atoms with van der Waals surface area (Å²) in [6.45, 7) is 2.17. The Morgan fingerprint density at radius 3 is 2.48 bits per heavy atom. The predicted molar refractivity (Wildman–Crippen MR) is 106 cm³/mol. The van der Waals surface area contributed by atoms with Gasteiger partial charge in [0.05, 0.1) is 27.7 Å². The number of aryl methyl sites for hydroxylation is 2. The average Bonchev–Trinajstić information content (AvgIpc) is 2.92. The zero-order valence-corrected chi connectivity index (χ0v) is 16.6. The van der Waals surface area contributed by atoms with Gasteiger partial charge in [0.25, 0.3) is 6.01 Å². The first-order valence-corrected chi connectivity index (χ1v) is 9.28. The lowest BCUT2D eigenvalue weighted by molar-refractivity contribution is 0.368. The van der Waals surface area contributed by atoms with Gasteiger partial charge in [0, 0.05) is 18.2 Å². The van der Waals surface area contributed by atoms with E-state index < -0.39 is 0 Å². The highest BCUT2D eigenvalue weighted by Crippen LogP contribution is 2.41. The number of hydrogen-bond acceptors (Lipinski definition) is 2. The van der Waals surface area contributed by atoms with E-state index in [4.69, 9.17) is 39.5 Å². The maximum atomic E-state index is 6.51. The van der Waals surface area contributed by atoms with E-state index in [1.807, 2.05) is 17.7 Å². The van der Waals surface area contributed by atoms with Crippen molar-refractivity contribution in [3.05, 3.63) is 44.9 Å². The highest BCUT2D eigenvalue weighted by Gasteiger charge is 2.19. The van der Waals surface area contributed by atoms with Crippen LogP contribution in [0.25, 0.3) is 22.2 Å². The van der Waals surface area contributed by atoms with E-state index in [-0.39, 0.29) is 0 Å². The molecule has 0 radical (unpaired) electrons. The minimum Gasteiger partial charge on any atom is -0.468 e. The number of ether oxygens (including phenoxy) is 1. The molecular weight excluding hydrogens is 379 g/mol. The predicted octanol–water partition coefficient (Wildman–Crippen LogP) is 6.55. The molecule has 132 valence electrons. The number of nitrogens with zero attached hydrogens (tertiary/aromatic N) is 2. The SMILES string of the molecule is CCCCc1ccc2c(nc(OC)n2C)c1-c1cc(Cl)c(Cl)cc1Cl. The first kappa shape index (κ1) is 18.4. The summed E-state index contributed by atoms with van der Waals surface area (Å²) in [6, 6.07) is 8.26. The topological polar surface area (TPSA) is 27.1 Å². The van der Waals surface area contributed by atoms with E-state index in [1.54, 1.807) is 13.2 Å². The summed E-state index contributed by atoms with van der Waals surface area (Å²) >= 11 is 18.9. The van der Waals surface area contributed by atoms with Crippen LogP contribution in [0.15, 0.2) is 24.3 Å². The van der Waals surface area contributed by atoms with Gasteiger partial charge in [0.15, 0.2) is 0 Å². The minimum atomic E-state index is 0.441. The van der Waals surface area contributed by atoms with Crippen LogP contribution < -0.4 is 4.74 Å². The molecule has 0 aliphatic carbocycles. The Morgan fingerprint density at radius 2 is 1.80 bits per heavy atom. The zero-order valence-electron chi connectivity index (χ0n) is 14.4. The molecule has 1 heterocycles. The van der Waals surface area contributed by atoms with Gasteiger partial charge in [-0.2, -0.15) is 4.98 Å². The molecule has 0 atom stereocenters. The Labute approximate surface area is 162 Å². The van der Waals surface area contributed by atoms with E-state index >= 15 is 0 Å². The van der Waals surface area contributed by atoms with Gasteiger partial charge >= 0.3 is 0 Å². The van der Waals surface area contributed by atoms with Crippen LogP contribution in [0, 0.1) is 0 Å². The molecule has 0 aliphatic heterocycles. The molecule has 0 fully saturated rings. The largest absolute Gasteiger partial charge is 0.468 e. The van der Waals surface area contributed by atoms with Crippen LogP contribution >= 0.6 is 34.8 Å². The Balaban J connectivity index is 2.35. The fraction of sp³-hybridized carbons (Fsp3) is 0.316. The molecule has 0 aliphatic rings. The van der Waals surface area contributed by atoms with Gasteiger partial charge in [-0.05, 0) is 36.6 Å². The molecule has 1 aromatic heterocycles. The third-order valence-electron chi connectivity index (χ3n) is 4.36. The molecule has 2 aromatic carbocycles. The lowest BCUT2D eigenvalue weighted by Crippen LogP contribution is -1.95. The summed E-state index contributed by atoms with van der Waals surface area (Å²) in [5.41, 5.74) is 4.86. The summed E-state index contributed by atoms with van der Waals surface area (Å²) in [4.78, 5) is 4.68. The number of unbranched alkanes of at least 4 members (excludes halogenated alkanes) is 1. The fourth-order valence-electron chi connectivity index (χ4n) is 3.05. The van der Waals surface area contributed by atoms with Crippen molar-refractivity contribution in [1.82, 2.24) is 9.55 Å². The minimum absolute atomic E-state index is 0.441. The first-order valence-electron chi connectivity index (χ1n) is 8.15. The van der Waals surface area contributed by atoms with E-state index in [1.165, 1.54) is 5.56 Å². The molecule has 0 N–H and O–H groups in total. The molecule has 0 saturated heterocycles. The lowest BCUT2D eigenvalue weighted by Gasteiger charge is -2.13. The van der Waals surface area contributed by atoms with Crippen LogP contribution in [-0.4, -0.2) is 16.7 Å². The van der Waals surface area contributed by atoms with Crippen molar-refractivity contribution in [2.24, 2.45) is 7.05 Å². The third kappa shape index (κ3) is 3.33. The van der Waals surface area contributed by atoms with E-state index in [0.717, 1.165) is 41.4 Å². The number of halogens is 3. The number of hydrogen-bond donors (Lipinski definition) is 0. The molecule has 0 unspecified atom stereocenters. The van der Waals surface area contributed by atoms with Crippen LogP contribution in [0.5, 0.6) is 6.01 Å². The van der Waals surface area contributed by atoms with Crippen molar-refractivity contribution in [2.45, 2.75) is 26.2 Å². The van der Waals surface area contributed by atoms with Crippen molar-refractivity contribution in [2.75, 3.05) is 7.11 Å². The highest BCUT2D eigenvalue weighted by molar-refractivity contribution is 6.44. The molecular formula is C19H19Cl3N2O. The van der Waals surface area contributed by atoms with Gasteiger partial charge < -0.3 is 4.74 Å². The van der Waals surface area contributed by atoms with Gasteiger partial charge in [-0.3, -0.25) is 4.57 Å². The van der Waals surface area contributed by atoms with Crippen molar-refractivity contribution in [3.8, 4) is 17.1 Å². The maximum Gasteiger partial charge on any atom is 0.296 e. The third-order valence-corrected chi connectivity index (χ3v) is 5.40. The normalized spacial score (nSPS) is 11.3. The average molecular weight is 398 g/mol. The number of aromatic nitrogens is 2. The van der Waals surface area contributed by atoms with Crippen molar-refractivity contribution >= 4 is 45.8 Å². The molecule has 6 heteroatoms. The second-order valence-electron chi connectivity index (χ2n) is 5.97. The summed E-state index contributed by atoms with van der Waals surface area (Å²) < 4.78 is 7.31. The summed E-state index contributed by atoms with van der Waals surface area (Å²) in [5.74, 6) is 0. The fourth-order valence-corrected chi connectivity index (χ4v) is 3.69. The number of rotatable bonds is 5. The van der Waals surface area contributed by atoms with Crippen LogP contribution in [-0.2, 0) is 13.5 Å². The quantitative estimate of drug-likeness (QED) is 0.456. The summed E-state index contributed by atoms with van der Waals surface area (Å²) in [6.07, 6.45) is 3.14. The molecule has 25 heavy (non-hydrogen) atoms. The van der Waals surface area contributed by atoms with Crippen molar-refractivity contribution in [1.29, 1.82) is 0 Å². The molecule has 0 amide bonds. The van der Waals surface area contributed by atoms with Gasteiger partial charge in [0.2, 0.25) is 0 Å². The lowest BCUT2D eigenvalue weighted by atomic mass is 9.94. The van der Waals surface area contributed by atoms with Gasteiger partial charge in [0.1, 0.15) is 5.52 Å². The second-order valence-corrected chi connectivity index (χ2v) is 7.20. The first-order chi connectivity index (χ1) is 12.0. The molecule has 3 rings (SSSR count). The maximum absolute atomic E-state index is 6.51. The Morgan fingerprint density at radius 1 is 1.08 bits per heavy atom. The zero-order chi connectivity index (χ0) is 18.1. The van der Waals surface area contributed by atoms with Gasteiger partial charge in [-0.15, -0.1) is 0 Å². The van der Waals surface area contributed by atoms with Gasteiger partial charge in [-0.1, -0.05) is 54.2 Å². The molecule has 0 spiro atoms. The monoisotopic (exact) mass is 396 g/mol. The highest BCUT2D eigenvalue weighted by atomic mass is 35.5. The van der Waals surface area contributed by atoms with E-state index in [0.29, 0.717) is 21.1 Å². The van der Waals surface area contributed by atoms with Gasteiger partial charge in [-0.25, -0.2) is 0 Å². The molecule has 0 saturated carbocycles. The van der Waals surface area contributed by atoms with E-state index in [9.17, 15) is 0 Å². The van der Waals surface area contributed by atoms with Crippen molar-refractivity contribution in [3.63, 3.8) is 0 Å². The Bertz CT molecular complexity index is 934. The summed E-state index contributed by atoms with van der Waals surface area (Å²) in [5, 5.41) is 1.47. The Kier molecular flexibility index (Phi) is 5.47. The second kappa shape index (κ2) is 7.45. The van der Waals surface area contributed by atoms with Crippen LogP contribution in [0.1, 0.15) is 25.3 Å². The number of fused-ring (bicyclic) bond motifs is 1. The standard InChI is InChI=1S/C19H19Cl3N2O/c1-4-5-6-11-7-8-16-18(23-19(25-3)24(16)2)17(11)12-9-14(21)15(22)10-13(12)20/h7-10H,4-6H2,1-3H3. The Hall–Kier alpha value is -1.42. The van der Waals surface area contributed by atoms with Crippen molar-refractivity contribution < 1.29 is 4.74 Å². The number of imidazole rings is 1. The molecule has 3 nitrogen and oxygen atoms in total. The van der Waals surface area contributed by atoms with Crippen LogP contribution in [0.3, 0.4) is 0 Å². The smallest absolute Gasteiger partial charge is 0.296 e. The molecule has 3 aromatic rings. The summed E-state index contributed by atoms with van der Waals surface area (Å²) in [7, 11) is 3.55. The number of benzene rings is 2. The number of methoxy groups -OCH3 is 1.